The molecular weight excluding hydrogens is 476 g/mol. The molecule has 2 aromatic carbocycles. The number of rotatable bonds is 6. The van der Waals surface area contributed by atoms with Crippen LogP contribution >= 0.6 is 11.6 Å². The topological polar surface area (TPSA) is 84.4 Å². The largest absolute Gasteiger partial charge is 0.464 e. The van der Waals surface area contributed by atoms with E-state index >= 15 is 0 Å². The number of hydrogen-bond donors (Lipinski definition) is 1. The van der Waals surface area contributed by atoms with Gasteiger partial charge < -0.3 is 10.1 Å². The highest BCUT2D eigenvalue weighted by Crippen LogP contribution is 2.39. The number of nitrogens with zero attached hydrogens (tertiary/aromatic N) is 3. The summed E-state index contributed by atoms with van der Waals surface area (Å²) in [6, 6.07) is 18.7. The lowest BCUT2D eigenvalue weighted by molar-refractivity contribution is -0.140. The lowest BCUT2D eigenvalue weighted by Crippen LogP contribution is -2.44. The molecule has 0 bridgehead atoms. The number of carbonyl (C=O) groups is 2. The van der Waals surface area contributed by atoms with Gasteiger partial charge in [0.25, 0.3) is 0 Å². The van der Waals surface area contributed by atoms with E-state index in [-0.39, 0.29) is 17.8 Å². The molecular formula is C28H29ClN4O3. The number of cyclic esters (lactones) is 1. The van der Waals surface area contributed by atoms with Crippen molar-refractivity contribution in [3.05, 3.63) is 77.1 Å². The SMILES string of the molecule is Cc1cc(C2CC2)nc(Nc2ccccc2)n1.O=C1OCCC1N(C(=O)C1CC1)c1cccc(Cl)c1. The molecule has 3 aliphatic rings. The van der Waals surface area contributed by atoms with Gasteiger partial charge in [-0.15, -0.1) is 0 Å². The molecule has 2 heterocycles. The minimum Gasteiger partial charge on any atom is -0.464 e. The van der Waals surface area contributed by atoms with Gasteiger partial charge >= 0.3 is 5.97 Å². The molecule has 6 rings (SSSR count). The van der Waals surface area contributed by atoms with E-state index in [1.807, 2.05) is 37.3 Å². The third-order valence-corrected chi connectivity index (χ3v) is 6.60. The molecule has 1 atom stereocenters. The van der Waals surface area contributed by atoms with Gasteiger partial charge in [-0.1, -0.05) is 35.9 Å². The molecule has 1 aromatic heterocycles. The number of aromatic nitrogens is 2. The first kappa shape index (κ1) is 24.3. The van der Waals surface area contributed by atoms with Crippen LogP contribution in [0.3, 0.4) is 0 Å². The van der Waals surface area contributed by atoms with Crippen molar-refractivity contribution in [3.63, 3.8) is 0 Å². The molecule has 186 valence electrons. The standard InChI is InChI=1S/C14H14ClNO3.C14H15N3/c15-10-2-1-3-11(8-10)16(13(17)9-4-5-9)12-6-7-19-14(12)18;1-10-9-13(11-7-8-11)17-14(15-10)16-12-5-3-2-4-6-12/h1-3,8-9,12H,4-7H2;2-6,9,11H,7-8H2,1H3,(H,15,16,17). The monoisotopic (exact) mass is 504 g/mol. The number of esters is 1. The van der Waals surface area contributed by atoms with E-state index in [0.29, 0.717) is 35.6 Å². The molecule has 2 saturated carbocycles. The average molecular weight is 505 g/mol. The second kappa shape index (κ2) is 10.7. The van der Waals surface area contributed by atoms with Crippen LogP contribution in [-0.2, 0) is 14.3 Å². The highest BCUT2D eigenvalue weighted by molar-refractivity contribution is 6.31. The Morgan fingerprint density at radius 1 is 1.00 bits per heavy atom. The number of ether oxygens (including phenoxy) is 1. The molecule has 1 amide bonds. The molecule has 1 aliphatic heterocycles. The van der Waals surface area contributed by atoms with Gasteiger partial charge in [0, 0.05) is 46.0 Å². The van der Waals surface area contributed by atoms with Crippen molar-refractivity contribution in [2.45, 2.75) is 51.0 Å². The molecule has 0 spiro atoms. The van der Waals surface area contributed by atoms with Crippen molar-refractivity contribution in [2.24, 2.45) is 5.92 Å². The van der Waals surface area contributed by atoms with Crippen LogP contribution in [0.4, 0.5) is 17.3 Å². The summed E-state index contributed by atoms with van der Waals surface area (Å²) in [5.74, 6) is 1.10. The number of para-hydroxylation sites is 1. The number of anilines is 3. The summed E-state index contributed by atoms with van der Waals surface area (Å²) in [4.78, 5) is 34.8. The molecule has 1 saturated heterocycles. The predicted octanol–water partition coefficient (Wildman–Crippen LogP) is 5.80. The number of nitrogens with one attached hydrogen (secondary N) is 1. The summed E-state index contributed by atoms with van der Waals surface area (Å²) in [6.07, 6.45) is 4.88. The smallest absolute Gasteiger partial charge is 0.329 e. The fourth-order valence-electron chi connectivity index (χ4n) is 4.22. The number of benzene rings is 2. The number of halogens is 1. The Morgan fingerprint density at radius 3 is 2.42 bits per heavy atom. The summed E-state index contributed by atoms with van der Waals surface area (Å²) in [7, 11) is 0. The highest BCUT2D eigenvalue weighted by atomic mass is 35.5. The van der Waals surface area contributed by atoms with Crippen LogP contribution in [0.5, 0.6) is 0 Å². The van der Waals surface area contributed by atoms with Crippen LogP contribution in [0.1, 0.15) is 49.4 Å². The lowest BCUT2D eigenvalue weighted by atomic mass is 10.1. The fourth-order valence-corrected chi connectivity index (χ4v) is 4.41. The first-order chi connectivity index (χ1) is 17.5. The maximum Gasteiger partial charge on any atom is 0.329 e. The Morgan fingerprint density at radius 2 is 1.78 bits per heavy atom. The number of carbonyl (C=O) groups excluding carboxylic acids is 2. The third kappa shape index (κ3) is 6.02. The maximum absolute atomic E-state index is 12.4. The summed E-state index contributed by atoms with van der Waals surface area (Å²) in [5.41, 5.74) is 3.91. The van der Waals surface area contributed by atoms with Gasteiger partial charge in [-0.2, -0.15) is 0 Å². The van der Waals surface area contributed by atoms with Gasteiger partial charge in [0.1, 0.15) is 6.04 Å². The van der Waals surface area contributed by atoms with E-state index in [1.165, 1.54) is 18.5 Å². The zero-order valence-corrected chi connectivity index (χ0v) is 20.9. The fraction of sp³-hybridized carbons (Fsp3) is 0.357. The minimum atomic E-state index is -0.508. The average Bonchev–Trinajstić information content (AvgIpc) is 3.79. The second-order valence-electron chi connectivity index (χ2n) is 9.46. The second-order valence-corrected chi connectivity index (χ2v) is 9.89. The minimum absolute atomic E-state index is 0.00566. The molecule has 3 fully saturated rings. The quantitative estimate of drug-likeness (QED) is 0.427. The lowest BCUT2D eigenvalue weighted by Gasteiger charge is -2.26. The van der Waals surface area contributed by atoms with Gasteiger partial charge in [0.15, 0.2) is 0 Å². The molecule has 0 radical (unpaired) electrons. The van der Waals surface area contributed by atoms with Crippen LogP contribution in [0.15, 0.2) is 60.7 Å². The Kier molecular flexibility index (Phi) is 7.18. The summed E-state index contributed by atoms with van der Waals surface area (Å²) >= 11 is 5.98. The zero-order valence-electron chi connectivity index (χ0n) is 20.2. The van der Waals surface area contributed by atoms with Crippen molar-refractivity contribution in [1.29, 1.82) is 0 Å². The van der Waals surface area contributed by atoms with Crippen LogP contribution in [-0.4, -0.2) is 34.5 Å². The van der Waals surface area contributed by atoms with Gasteiger partial charge in [0.2, 0.25) is 11.9 Å². The van der Waals surface area contributed by atoms with E-state index in [2.05, 4.69) is 21.4 Å². The third-order valence-electron chi connectivity index (χ3n) is 6.37. The molecule has 1 unspecified atom stereocenters. The van der Waals surface area contributed by atoms with E-state index in [4.69, 9.17) is 16.3 Å². The van der Waals surface area contributed by atoms with E-state index in [0.717, 1.165) is 24.2 Å². The van der Waals surface area contributed by atoms with Crippen LogP contribution in [0.2, 0.25) is 5.02 Å². The molecule has 36 heavy (non-hydrogen) atoms. The maximum atomic E-state index is 12.4. The van der Waals surface area contributed by atoms with E-state index < -0.39 is 6.04 Å². The zero-order chi connectivity index (χ0) is 25.1. The number of hydrogen-bond acceptors (Lipinski definition) is 6. The van der Waals surface area contributed by atoms with Crippen molar-refractivity contribution in [2.75, 3.05) is 16.8 Å². The van der Waals surface area contributed by atoms with Gasteiger partial charge in [0.05, 0.1) is 6.61 Å². The molecule has 2 aliphatic carbocycles. The van der Waals surface area contributed by atoms with Crippen molar-refractivity contribution in [3.8, 4) is 0 Å². The highest BCUT2D eigenvalue weighted by Gasteiger charge is 2.42. The molecule has 1 N–H and O–H groups in total. The summed E-state index contributed by atoms with van der Waals surface area (Å²) < 4.78 is 4.98. The normalized spacial score (nSPS) is 18.6. The molecule has 8 heteroatoms. The van der Waals surface area contributed by atoms with Crippen molar-refractivity contribution < 1.29 is 14.3 Å². The van der Waals surface area contributed by atoms with Crippen LogP contribution < -0.4 is 10.2 Å². The van der Waals surface area contributed by atoms with Crippen LogP contribution in [0.25, 0.3) is 0 Å². The van der Waals surface area contributed by atoms with E-state index in [9.17, 15) is 9.59 Å². The Balaban J connectivity index is 0.000000149. The Hall–Kier alpha value is -3.45. The summed E-state index contributed by atoms with van der Waals surface area (Å²) in [6.45, 7) is 2.39. The van der Waals surface area contributed by atoms with Crippen molar-refractivity contribution >= 4 is 40.8 Å². The first-order valence-electron chi connectivity index (χ1n) is 12.4. The van der Waals surface area contributed by atoms with Gasteiger partial charge in [-0.25, -0.2) is 14.8 Å². The van der Waals surface area contributed by atoms with Gasteiger partial charge in [-0.3, -0.25) is 9.69 Å². The Labute approximate surface area is 215 Å². The molecule has 7 nitrogen and oxygen atoms in total. The van der Waals surface area contributed by atoms with Crippen LogP contribution in [0, 0.1) is 12.8 Å². The van der Waals surface area contributed by atoms with Crippen molar-refractivity contribution in [1.82, 2.24) is 9.97 Å². The number of aryl methyl sites for hydroxylation is 1. The van der Waals surface area contributed by atoms with Gasteiger partial charge in [-0.05, 0) is 69.0 Å². The molecule has 3 aromatic rings. The predicted molar refractivity (Wildman–Crippen MR) is 139 cm³/mol. The number of amides is 1. The summed E-state index contributed by atoms with van der Waals surface area (Å²) in [5, 5.41) is 3.80. The van der Waals surface area contributed by atoms with E-state index in [1.54, 1.807) is 29.2 Å². The first-order valence-corrected chi connectivity index (χ1v) is 12.8. The Bertz CT molecular complexity index is 1240.